The van der Waals surface area contributed by atoms with Gasteiger partial charge in [0.2, 0.25) is 0 Å². The second-order valence-electron chi connectivity index (χ2n) is 3.65. The van der Waals surface area contributed by atoms with Gasteiger partial charge in [-0.3, -0.25) is 0 Å². The van der Waals surface area contributed by atoms with Gasteiger partial charge in [0.25, 0.3) is 0 Å². The summed E-state index contributed by atoms with van der Waals surface area (Å²) in [6, 6.07) is 6.85. The molecule has 3 nitrogen and oxygen atoms in total. The topological polar surface area (TPSA) is 46.5 Å². The third kappa shape index (κ3) is 3.03. The zero-order valence-corrected chi connectivity index (χ0v) is 11.0. The lowest BCUT2D eigenvalue weighted by Crippen LogP contribution is -2.06. The molecule has 18 heavy (non-hydrogen) atoms. The quantitative estimate of drug-likeness (QED) is 0.909. The van der Waals surface area contributed by atoms with Crippen molar-refractivity contribution in [2.75, 3.05) is 6.61 Å². The Morgan fingerprint density at radius 1 is 1.39 bits per heavy atom. The molecule has 1 N–H and O–H groups in total. The number of rotatable bonds is 5. The minimum absolute atomic E-state index is 0.0180. The van der Waals surface area contributed by atoms with Crippen LogP contribution in [-0.2, 0) is 6.42 Å². The van der Waals surface area contributed by atoms with Crippen molar-refractivity contribution < 1.29 is 14.6 Å². The largest absolute Gasteiger partial charge is 0.492 e. The van der Waals surface area contributed by atoms with Crippen LogP contribution in [0.1, 0.15) is 15.9 Å². The molecule has 1 aromatic carbocycles. The van der Waals surface area contributed by atoms with E-state index in [4.69, 9.17) is 21.4 Å². The maximum atomic E-state index is 11.1. The molecule has 1 heterocycles. The average Bonchev–Trinajstić information content (AvgIpc) is 2.81. The van der Waals surface area contributed by atoms with Crippen LogP contribution in [0.4, 0.5) is 0 Å². The zero-order chi connectivity index (χ0) is 13.0. The molecule has 0 amide bonds. The number of halogens is 1. The fourth-order valence-corrected chi connectivity index (χ4v) is 2.50. The number of aromatic carboxylic acids is 1. The number of benzene rings is 1. The molecule has 0 unspecified atom stereocenters. The standard InChI is InChI=1S/C13H11ClO3S/c14-10-2-1-3-11(12(10)13(15)16)17-6-4-9-5-7-18-8-9/h1-3,5,7-8H,4,6H2,(H,15,16). The number of carbonyl (C=O) groups is 1. The van der Waals surface area contributed by atoms with E-state index < -0.39 is 5.97 Å². The first-order valence-corrected chi connectivity index (χ1v) is 6.66. The van der Waals surface area contributed by atoms with Gasteiger partial charge in [-0.15, -0.1) is 0 Å². The fourth-order valence-electron chi connectivity index (χ4n) is 1.55. The number of carboxylic acid groups (broad SMARTS) is 1. The van der Waals surface area contributed by atoms with Gasteiger partial charge in [0.1, 0.15) is 11.3 Å². The van der Waals surface area contributed by atoms with Gasteiger partial charge in [-0.05, 0) is 34.5 Å². The summed E-state index contributed by atoms with van der Waals surface area (Å²) in [6.45, 7) is 0.428. The van der Waals surface area contributed by atoms with Gasteiger partial charge in [-0.1, -0.05) is 17.7 Å². The first kappa shape index (κ1) is 12.9. The monoisotopic (exact) mass is 282 g/mol. The summed E-state index contributed by atoms with van der Waals surface area (Å²) in [5, 5.41) is 13.3. The fraction of sp³-hybridized carbons (Fsp3) is 0.154. The highest BCUT2D eigenvalue weighted by Gasteiger charge is 2.15. The van der Waals surface area contributed by atoms with Crippen molar-refractivity contribution in [1.29, 1.82) is 0 Å². The average molecular weight is 283 g/mol. The van der Waals surface area contributed by atoms with Gasteiger partial charge in [-0.25, -0.2) is 4.79 Å². The van der Waals surface area contributed by atoms with Gasteiger partial charge < -0.3 is 9.84 Å². The van der Waals surface area contributed by atoms with Gasteiger partial charge in [0, 0.05) is 6.42 Å². The second kappa shape index (κ2) is 5.89. The molecule has 2 aromatic rings. The molecule has 0 bridgehead atoms. The zero-order valence-electron chi connectivity index (χ0n) is 9.43. The van der Waals surface area contributed by atoms with Crippen LogP contribution in [0.2, 0.25) is 5.02 Å². The predicted octanol–water partition coefficient (Wildman–Crippen LogP) is 3.72. The van der Waals surface area contributed by atoms with E-state index in [1.807, 2.05) is 16.8 Å². The summed E-state index contributed by atoms with van der Waals surface area (Å²) in [4.78, 5) is 11.1. The summed E-state index contributed by atoms with van der Waals surface area (Å²) >= 11 is 7.47. The Balaban J connectivity index is 2.05. The lowest BCUT2D eigenvalue weighted by Gasteiger charge is -2.09. The van der Waals surface area contributed by atoms with Crippen LogP contribution in [0.3, 0.4) is 0 Å². The van der Waals surface area contributed by atoms with Crippen LogP contribution in [-0.4, -0.2) is 17.7 Å². The van der Waals surface area contributed by atoms with Crippen molar-refractivity contribution in [3.63, 3.8) is 0 Å². The Bertz CT molecular complexity index is 537. The molecule has 0 spiro atoms. The first-order chi connectivity index (χ1) is 8.68. The molecule has 0 saturated heterocycles. The molecule has 0 aliphatic heterocycles. The van der Waals surface area contributed by atoms with Gasteiger partial charge in [0.05, 0.1) is 11.6 Å². The van der Waals surface area contributed by atoms with Crippen LogP contribution in [0, 0.1) is 0 Å². The number of carboxylic acids is 1. The van der Waals surface area contributed by atoms with Crippen molar-refractivity contribution in [3.05, 3.63) is 51.2 Å². The van der Waals surface area contributed by atoms with E-state index in [0.29, 0.717) is 12.4 Å². The first-order valence-electron chi connectivity index (χ1n) is 5.34. The molecule has 0 saturated carbocycles. The number of thiophene rings is 1. The highest BCUT2D eigenvalue weighted by Crippen LogP contribution is 2.26. The Hall–Kier alpha value is -1.52. The predicted molar refractivity (Wildman–Crippen MR) is 71.9 cm³/mol. The Morgan fingerprint density at radius 2 is 2.22 bits per heavy atom. The normalized spacial score (nSPS) is 10.3. The molecule has 2 rings (SSSR count). The smallest absolute Gasteiger partial charge is 0.341 e. The van der Waals surface area contributed by atoms with E-state index in [-0.39, 0.29) is 10.6 Å². The van der Waals surface area contributed by atoms with E-state index in [2.05, 4.69) is 0 Å². The Morgan fingerprint density at radius 3 is 2.89 bits per heavy atom. The maximum absolute atomic E-state index is 11.1. The van der Waals surface area contributed by atoms with E-state index in [1.165, 1.54) is 11.6 Å². The lowest BCUT2D eigenvalue weighted by molar-refractivity contribution is 0.0692. The molecular formula is C13H11ClO3S. The number of ether oxygens (including phenoxy) is 1. The second-order valence-corrected chi connectivity index (χ2v) is 4.84. The van der Waals surface area contributed by atoms with Crippen molar-refractivity contribution in [1.82, 2.24) is 0 Å². The highest BCUT2D eigenvalue weighted by molar-refractivity contribution is 7.07. The van der Waals surface area contributed by atoms with E-state index >= 15 is 0 Å². The molecular weight excluding hydrogens is 272 g/mol. The van der Waals surface area contributed by atoms with Crippen LogP contribution >= 0.6 is 22.9 Å². The van der Waals surface area contributed by atoms with Gasteiger partial charge in [-0.2, -0.15) is 11.3 Å². The third-order valence-corrected chi connectivity index (χ3v) is 3.46. The van der Waals surface area contributed by atoms with Gasteiger partial charge >= 0.3 is 5.97 Å². The Labute approximate surface area is 114 Å². The minimum atomic E-state index is -1.08. The molecule has 0 fully saturated rings. The van der Waals surface area contributed by atoms with Gasteiger partial charge in [0.15, 0.2) is 0 Å². The summed E-state index contributed by atoms with van der Waals surface area (Å²) < 4.78 is 5.49. The highest BCUT2D eigenvalue weighted by atomic mass is 35.5. The van der Waals surface area contributed by atoms with Crippen LogP contribution in [0.5, 0.6) is 5.75 Å². The van der Waals surface area contributed by atoms with E-state index in [0.717, 1.165) is 6.42 Å². The third-order valence-electron chi connectivity index (χ3n) is 2.42. The molecule has 0 radical (unpaired) electrons. The number of hydrogen-bond acceptors (Lipinski definition) is 3. The van der Waals surface area contributed by atoms with E-state index in [9.17, 15) is 4.79 Å². The summed E-state index contributed by atoms with van der Waals surface area (Å²) in [5.74, 6) is -0.767. The Kier molecular flexibility index (Phi) is 4.23. The minimum Gasteiger partial charge on any atom is -0.492 e. The molecule has 0 aliphatic rings. The van der Waals surface area contributed by atoms with Crippen LogP contribution < -0.4 is 4.74 Å². The summed E-state index contributed by atoms with van der Waals surface area (Å²) in [6.07, 6.45) is 0.745. The number of hydrogen-bond donors (Lipinski definition) is 1. The SMILES string of the molecule is O=C(O)c1c(Cl)cccc1OCCc1ccsc1. The molecule has 0 aliphatic carbocycles. The molecule has 5 heteroatoms. The van der Waals surface area contributed by atoms with Crippen molar-refractivity contribution in [2.45, 2.75) is 6.42 Å². The molecule has 1 aromatic heterocycles. The van der Waals surface area contributed by atoms with E-state index in [1.54, 1.807) is 23.5 Å². The lowest BCUT2D eigenvalue weighted by atomic mass is 10.2. The van der Waals surface area contributed by atoms with Crippen LogP contribution in [0.25, 0.3) is 0 Å². The van der Waals surface area contributed by atoms with Crippen molar-refractivity contribution in [3.8, 4) is 5.75 Å². The van der Waals surface area contributed by atoms with Crippen LogP contribution in [0.15, 0.2) is 35.0 Å². The molecule has 0 atom stereocenters. The summed E-state index contributed by atoms with van der Waals surface area (Å²) in [7, 11) is 0. The maximum Gasteiger partial charge on any atom is 0.341 e. The molecule has 94 valence electrons. The van der Waals surface area contributed by atoms with Crippen molar-refractivity contribution >= 4 is 28.9 Å². The van der Waals surface area contributed by atoms with Crippen molar-refractivity contribution in [2.24, 2.45) is 0 Å². The summed E-state index contributed by atoms with van der Waals surface area (Å²) in [5.41, 5.74) is 1.20.